The monoisotopic (exact) mass is 471 g/mol. The summed E-state index contributed by atoms with van der Waals surface area (Å²) < 4.78 is 56.8. The van der Waals surface area contributed by atoms with Gasteiger partial charge in [-0.05, 0) is 44.2 Å². The zero-order valence-electron chi connectivity index (χ0n) is 17.0. The van der Waals surface area contributed by atoms with Gasteiger partial charge in [0, 0.05) is 6.07 Å². The largest absolute Gasteiger partial charge is 0.479 e. The maximum Gasteiger partial charge on any atom is 0.355 e. The molecule has 0 N–H and O–H groups in total. The first kappa shape index (κ1) is 23.2. The summed E-state index contributed by atoms with van der Waals surface area (Å²) >= 11 is 6.04. The first-order chi connectivity index (χ1) is 15.1. The summed E-state index contributed by atoms with van der Waals surface area (Å²) in [6.07, 6.45) is -0.823. The van der Waals surface area contributed by atoms with Crippen LogP contribution in [0.3, 0.4) is 0 Å². The van der Waals surface area contributed by atoms with Crippen LogP contribution in [-0.4, -0.2) is 33.5 Å². The number of hydrogen-bond acceptors (Lipinski definition) is 6. The quantitative estimate of drug-likeness (QED) is 0.479. The van der Waals surface area contributed by atoms with Crippen molar-refractivity contribution in [3.8, 4) is 22.9 Å². The Morgan fingerprint density at radius 2 is 1.78 bits per heavy atom. The molecule has 1 atom stereocenters. The summed E-state index contributed by atoms with van der Waals surface area (Å²) in [5.74, 6) is -1.21. The van der Waals surface area contributed by atoms with E-state index in [4.69, 9.17) is 21.1 Å². The van der Waals surface area contributed by atoms with Crippen molar-refractivity contribution in [3.05, 3.63) is 63.5 Å². The number of hydrogen-bond donors (Lipinski definition) is 0. The lowest BCUT2D eigenvalue weighted by Crippen LogP contribution is -2.25. The molecule has 0 radical (unpaired) electrons. The van der Waals surface area contributed by atoms with E-state index in [2.05, 4.69) is 9.84 Å². The standard InChI is InChI=1S/C20H17ClF3N3O5/c1-10(18(28)30-3)31-12-4-6-13(7-5-12)32-17-9-16(15(22)8-14(17)21)27-20(29)26(19(23)24)11(2)25-27/h4-10,19H,1-3H3. The fraction of sp³-hybridized carbons (Fsp3) is 0.250. The maximum absolute atomic E-state index is 14.5. The number of benzene rings is 2. The smallest absolute Gasteiger partial charge is 0.355 e. The van der Waals surface area contributed by atoms with Crippen molar-refractivity contribution in [3.63, 3.8) is 0 Å². The average molecular weight is 472 g/mol. The second-order valence-electron chi connectivity index (χ2n) is 6.48. The molecule has 0 spiro atoms. The molecule has 2 aromatic carbocycles. The minimum atomic E-state index is -3.13. The number of halogens is 4. The van der Waals surface area contributed by atoms with Crippen LogP contribution in [0.2, 0.25) is 5.02 Å². The molecule has 32 heavy (non-hydrogen) atoms. The number of rotatable bonds is 7. The molecule has 3 rings (SSSR count). The highest BCUT2D eigenvalue weighted by Gasteiger charge is 2.22. The molecule has 1 heterocycles. The number of alkyl halides is 2. The highest BCUT2D eigenvalue weighted by atomic mass is 35.5. The third-order valence-corrected chi connectivity index (χ3v) is 4.60. The number of carbonyl (C=O) groups is 1. The SMILES string of the molecule is COC(=O)C(C)Oc1ccc(Oc2cc(-n3nc(C)n(C(F)F)c3=O)c(F)cc2Cl)cc1. The third kappa shape index (κ3) is 4.72. The van der Waals surface area contributed by atoms with Crippen LogP contribution in [0.1, 0.15) is 19.3 Å². The van der Waals surface area contributed by atoms with Gasteiger partial charge < -0.3 is 14.2 Å². The van der Waals surface area contributed by atoms with Gasteiger partial charge in [0.2, 0.25) is 0 Å². The lowest BCUT2D eigenvalue weighted by Gasteiger charge is -2.13. The Bertz CT molecular complexity index is 1190. The first-order valence-corrected chi connectivity index (χ1v) is 9.48. The summed E-state index contributed by atoms with van der Waals surface area (Å²) in [5, 5.41) is 3.57. The molecule has 0 amide bonds. The molecular formula is C20H17ClF3N3O5. The zero-order valence-corrected chi connectivity index (χ0v) is 17.8. The molecule has 0 bridgehead atoms. The highest BCUT2D eigenvalue weighted by molar-refractivity contribution is 6.32. The van der Waals surface area contributed by atoms with E-state index >= 15 is 0 Å². The number of aromatic nitrogens is 3. The van der Waals surface area contributed by atoms with Gasteiger partial charge in [0.25, 0.3) is 0 Å². The average Bonchev–Trinajstić information content (AvgIpc) is 3.04. The summed E-state index contributed by atoms with van der Waals surface area (Å²) in [4.78, 5) is 23.7. The first-order valence-electron chi connectivity index (χ1n) is 9.10. The topological polar surface area (TPSA) is 84.6 Å². The van der Waals surface area contributed by atoms with Gasteiger partial charge in [0.1, 0.15) is 28.8 Å². The second-order valence-corrected chi connectivity index (χ2v) is 6.89. The number of esters is 1. The predicted octanol–water partition coefficient (Wildman–Crippen LogP) is 4.26. The van der Waals surface area contributed by atoms with Crippen LogP contribution < -0.4 is 15.2 Å². The molecule has 0 aliphatic carbocycles. The normalized spacial score (nSPS) is 12.0. The van der Waals surface area contributed by atoms with E-state index in [0.29, 0.717) is 10.4 Å². The Morgan fingerprint density at radius 3 is 2.34 bits per heavy atom. The lowest BCUT2D eigenvalue weighted by molar-refractivity contribution is -0.147. The molecule has 0 aliphatic heterocycles. The van der Waals surface area contributed by atoms with Crippen LogP contribution in [0, 0.1) is 12.7 Å². The molecule has 0 saturated heterocycles. The van der Waals surface area contributed by atoms with E-state index < -0.39 is 35.8 Å². The van der Waals surface area contributed by atoms with Crippen LogP contribution in [0.4, 0.5) is 13.2 Å². The van der Waals surface area contributed by atoms with Crippen molar-refractivity contribution in [2.75, 3.05) is 7.11 Å². The van der Waals surface area contributed by atoms with Gasteiger partial charge in [-0.25, -0.2) is 18.5 Å². The predicted molar refractivity (Wildman–Crippen MR) is 107 cm³/mol. The van der Waals surface area contributed by atoms with Crippen molar-refractivity contribution in [2.24, 2.45) is 0 Å². The zero-order chi connectivity index (χ0) is 23.6. The van der Waals surface area contributed by atoms with Gasteiger partial charge >= 0.3 is 18.2 Å². The van der Waals surface area contributed by atoms with Gasteiger partial charge in [0.05, 0.1) is 12.1 Å². The van der Waals surface area contributed by atoms with Crippen LogP contribution in [0.15, 0.2) is 41.2 Å². The Labute approximate surface area is 184 Å². The van der Waals surface area contributed by atoms with Crippen LogP contribution in [-0.2, 0) is 9.53 Å². The third-order valence-electron chi connectivity index (χ3n) is 4.30. The molecule has 1 aromatic heterocycles. The maximum atomic E-state index is 14.5. The minimum absolute atomic E-state index is 0.0455. The van der Waals surface area contributed by atoms with E-state index in [1.807, 2.05) is 0 Å². The molecule has 8 nitrogen and oxygen atoms in total. The number of aryl methyl sites for hydroxylation is 1. The Hall–Kier alpha value is -3.47. The Morgan fingerprint density at radius 1 is 1.16 bits per heavy atom. The van der Waals surface area contributed by atoms with Gasteiger partial charge in [-0.2, -0.15) is 13.5 Å². The Kier molecular flexibility index (Phi) is 6.78. The molecule has 170 valence electrons. The van der Waals surface area contributed by atoms with Gasteiger partial charge in [0.15, 0.2) is 11.9 Å². The number of nitrogens with zero attached hydrogens (tertiary/aromatic N) is 3. The number of methoxy groups -OCH3 is 1. The van der Waals surface area contributed by atoms with Crippen molar-refractivity contribution in [2.45, 2.75) is 26.5 Å². The van der Waals surface area contributed by atoms with Gasteiger partial charge in [-0.3, -0.25) is 0 Å². The van der Waals surface area contributed by atoms with Crippen molar-refractivity contribution < 1.29 is 32.2 Å². The molecule has 12 heteroatoms. The lowest BCUT2D eigenvalue weighted by atomic mass is 10.2. The summed E-state index contributed by atoms with van der Waals surface area (Å²) in [6, 6.07) is 7.99. The van der Waals surface area contributed by atoms with Crippen molar-refractivity contribution in [1.29, 1.82) is 0 Å². The van der Waals surface area contributed by atoms with Crippen LogP contribution >= 0.6 is 11.6 Å². The van der Waals surface area contributed by atoms with Crippen LogP contribution in [0.25, 0.3) is 5.69 Å². The van der Waals surface area contributed by atoms with E-state index in [1.54, 1.807) is 0 Å². The van der Waals surface area contributed by atoms with Gasteiger partial charge in [-0.1, -0.05) is 11.6 Å². The highest BCUT2D eigenvalue weighted by Crippen LogP contribution is 2.33. The van der Waals surface area contributed by atoms with Crippen LogP contribution in [0.5, 0.6) is 17.2 Å². The number of ether oxygens (including phenoxy) is 3. The van der Waals surface area contributed by atoms with E-state index in [-0.39, 0.29) is 26.9 Å². The van der Waals surface area contributed by atoms with E-state index in [1.165, 1.54) is 45.2 Å². The van der Waals surface area contributed by atoms with Crippen molar-refractivity contribution >= 4 is 17.6 Å². The summed E-state index contributed by atoms with van der Waals surface area (Å²) in [6.45, 7) is -0.417. The van der Waals surface area contributed by atoms with E-state index in [9.17, 15) is 22.8 Å². The van der Waals surface area contributed by atoms with Gasteiger partial charge in [-0.15, -0.1) is 5.10 Å². The fourth-order valence-electron chi connectivity index (χ4n) is 2.75. The van der Waals surface area contributed by atoms with Crippen molar-refractivity contribution in [1.82, 2.24) is 14.3 Å². The molecule has 0 fully saturated rings. The molecule has 0 saturated carbocycles. The molecule has 0 aliphatic rings. The molecule has 1 unspecified atom stereocenters. The molecular weight excluding hydrogens is 455 g/mol. The molecule has 3 aromatic rings. The van der Waals surface area contributed by atoms with E-state index in [0.717, 1.165) is 12.1 Å². The second kappa shape index (κ2) is 9.35. The number of carbonyl (C=O) groups excluding carboxylic acids is 1. The summed E-state index contributed by atoms with van der Waals surface area (Å²) in [7, 11) is 1.24. The fourth-order valence-corrected chi connectivity index (χ4v) is 2.94. The minimum Gasteiger partial charge on any atom is -0.479 e. The Balaban J connectivity index is 1.88. The summed E-state index contributed by atoms with van der Waals surface area (Å²) in [5.41, 5.74) is -1.63.